The second-order valence-corrected chi connectivity index (χ2v) is 9.37. The summed E-state index contributed by atoms with van der Waals surface area (Å²) in [5.41, 5.74) is 0.119. The van der Waals surface area contributed by atoms with Gasteiger partial charge in [-0.25, -0.2) is 0 Å². The van der Waals surface area contributed by atoms with Gasteiger partial charge in [-0.3, -0.25) is 0 Å². The van der Waals surface area contributed by atoms with Gasteiger partial charge < -0.3 is 15.3 Å². The molecule has 0 aromatic heterocycles. The van der Waals surface area contributed by atoms with Gasteiger partial charge in [0.2, 0.25) is 0 Å². The molecule has 0 spiro atoms. The van der Waals surface area contributed by atoms with Gasteiger partial charge in [-0.05, 0) is 85.9 Å². The zero-order valence-electron chi connectivity index (χ0n) is 14.0. The maximum Gasteiger partial charge on any atom is 0.0597 e. The van der Waals surface area contributed by atoms with Crippen molar-refractivity contribution in [1.29, 1.82) is 0 Å². The van der Waals surface area contributed by atoms with Crippen LogP contribution in [-0.2, 0) is 0 Å². The number of aliphatic hydroxyl groups excluding tert-OH is 3. The molecule has 22 heavy (non-hydrogen) atoms. The summed E-state index contributed by atoms with van der Waals surface area (Å²) in [5.74, 6) is 2.10. The Morgan fingerprint density at radius 1 is 0.864 bits per heavy atom. The molecule has 4 aliphatic carbocycles. The second kappa shape index (κ2) is 4.94. The maximum absolute atomic E-state index is 11.0. The van der Waals surface area contributed by atoms with Crippen LogP contribution in [0.25, 0.3) is 0 Å². The summed E-state index contributed by atoms with van der Waals surface area (Å²) in [5, 5.41) is 31.6. The van der Waals surface area contributed by atoms with Crippen molar-refractivity contribution in [1.82, 2.24) is 0 Å². The number of aliphatic hydroxyl groups is 3. The minimum atomic E-state index is -0.276. The molecule has 0 aromatic carbocycles. The first-order valence-electron chi connectivity index (χ1n) is 9.40. The van der Waals surface area contributed by atoms with Gasteiger partial charge in [-0.2, -0.15) is 0 Å². The zero-order valence-corrected chi connectivity index (χ0v) is 14.0. The molecule has 0 saturated heterocycles. The molecular formula is C19H32O3. The number of fused-ring (bicyclic) bond motifs is 5. The summed E-state index contributed by atoms with van der Waals surface area (Å²) in [4.78, 5) is 0. The molecule has 3 nitrogen and oxygen atoms in total. The van der Waals surface area contributed by atoms with Gasteiger partial charge in [0.05, 0.1) is 18.3 Å². The third kappa shape index (κ3) is 1.91. The van der Waals surface area contributed by atoms with E-state index in [1.165, 1.54) is 12.8 Å². The van der Waals surface area contributed by atoms with Crippen LogP contribution in [0.1, 0.15) is 65.2 Å². The predicted molar refractivity (Wildman–Crippen MR) is 85.1 cm³/mol. The topological polar surface area (TPSA) is 60.7 Å². The van der Waals surface area contributed by atoms with Gasteiger partial charge in [0, 0.05) is 0 Å². The molecular weight excluding hydrogens is 276 g/mol. The average Bonchev–Trinajstić information content (AvgIpc) is 2.75. The quantitative estimate of drug-likeness (QED) is 0.645. The molecule has 0 aliphatic heterocycles. The standard InChI is InChI=1S/C19H32O3/c1-18-8-7-12(20)9-11(18)3-4-13-14-5-6-16(22)19(14,2)10-15(21)17(13)18/h11-17,20-22H,3-10H2,1-2H3/t11-,12-,13+,14-,15+,16+,17+,18+,19+/m1/s1. The van der Waals surface area contributed by atoms with Crippen LogP contribution < -0.4 is 0 Å². The van der Waals surface area contributed by atoms with Crippen molar-refractivity contribution in [3.8, 4) is 0 Å². The largest absolute Gasteiger partial charge is 0.393 e. The molecule has 0 amide bonds. The molecule has 3 N–H and O–H groups in total. The fraction of sp³-hybridized carbons (Fsp3) is 1.00. The SMILES string of the molecule is C[C@]12CC[C@@H](O)C[C@H]1CC[C@@H]1[C@H]2[C@@H](O)C[C@@]2(C)[C@@H]1CC[C@@H]2O. The summed E-state index contributed by atoms with van der Waals surface area (Å²) in [7, 11) is 0. The number of hydrogen-bond acceptors (Lipinski definition) is 3. The minimum Gasteiger partial charge on any atom is -0.393 e. The Morgan fingerprint density at radius 2 is 1.64 bits per heavy atom. The lowest BCUT2D eigenvalue weighted by atomic mass is 9.44. The molecule has 4 fully saturated rings. The molecule has 4 rings (SSSR count). The molecule has 9 atom stereocenters. The Bertz CT molecular complexity index is 452. The van der Waals surface area contributed by atoms with Crippen molar-refractivity contribution in [2.75, 3.05) is 0 Å². The highest BCUT2D eigenvalue weighted by Crippen LogP contribution is 2.66. The van der Waals surface area contributed by atoms with E-state index in [0.29, 0.717) is 23.7 Å². The van der Waals surface area contributed by atoms with Gasteiger partial charge in [0.1, 0.15) is 0 Å². The first-order chi connectivity index (χ1) is 10.4. The lowest BCUT2D eigenvalue weighted by molar-refractivity contribution is -0.183. The Morgan fingerprint density at radius 3 is 2.41 bits per heavy atom. The fourth-order valence-electron chi connectivity index (χ4n) is 7.33. The monoisotopic (exact) mass is 308 g/mol. The summed E-state index contributed by atoms with van der Waals surface area (Å²) in [6.07, 6.45) is 7.44. The molecule has 3 heteroatoms. The van der Waals surface area contributed by atoms with Crippen LogP contribution >= 0.6 is 0 Å². The first-order valence-corrected chi connectivity index (χ1v) is 9.40. The van der Waals surface area contributed by atoms with Crippen LogP contribution in [0.2, 0.25) is 0 Å². The van der Waals surface area contributed by atoms with Crippen LogP contribution in [0.5, 0.6) is 0 Å². The van der Waals surface area contributed by atoms with E-state index in [1.807, 2.05) is 0 Å². The molecule has 126 valence electrons. The smallest absolute Gasteiger partial charge is 0.0597 e. The van der Waals surface area contributed by atoms with Crippen LogP contribution in [0.15, 0.2) is 0 Å². The third-order valence-electron chi connectivity index (χ3n) is 8.52. The van der Waals surface area contributed by atoms with E-state index in [9.17, 15) is 15.3 Å². The maximum atomic E-state index is 11.0. The van der Waals surface area contributed by atoms with Crippen molar-refractivity contribution < 1.29 is 15.3 Å². The van der Waals surface area contributed by atoms with Crippen molar-refractivity contribution in [3.63, 3.8) is 0 Å². The predicted octanol–water partition coefficient (Wildman–Crippen LogP) is 2.72. The van der Waals surface area contributed by atoms with E-state index >= 15 is 0 Å². The Balaban J connectivity index is 1.68. The highest BCUT2D eigenvalue weighted by atomic mass is 16.3. The van der Waals surface area contributed by atoms with E-state index in [4.69, 9.17) is 0 Å². The van der Waals surface area contributed by atoms with E-state index < -0.39 is 0 Å². The molecule has 4 aliphatic rings. The van der Waals surface area contributed by atoms with Gasteiger partial charge in [0.15, 0.2) is 0 Å². The summed E-state index contributed by atoms with van der Waals surface area (Å²) in [6, 6.07) is 0. The van der Waals surface area contributed by atoms with E-state index in [0.717, 1.165) is 38.5 Å². The Kier molecular flexibility index (Phi) is 3.46. The van der Waals surface area contributed by atoms with Gasteiger partial charge in [-0.15, -0.1) is 0 Å². The second-order valence-electron chi connectivity index (χ2n) is 9.37. The van der Waals surface area contributed by atoms with Crippen LogP contribution in [-0.4, -0.2) is 33.6 Å². The van der Waals surface area contributed by atoms with Gasteiger partial charge >= 0.3 is 0 Å². The lowest BCUT2D eigenvalue weighted by Crippen LogP contribution is -2.59. The van der Waals surface area contributed by atoms with E-state index in [-0.39, 0.29) is 29.1 Å². The van der Waals surface area contributed by atoms with E-state index in [2.05, 4.69) is 13.8 Å². The Labute approximate surface area is 134 Å². The zero-order chi connectivity index (χ0) is 15.7. The van der Waals surface area contributed by atoms with Crippen molar-refractivity contribution in [2.45, 2.75) is 83.5 Å². The van der Waals surface area contributed by atoms with Crippen LogP contribution in [0.3, 0.4) is 0 Å². The molecule has 0 unspecified atom stereocenters. The molecule has 0 bridgehead atoms. The average molecular weight is 308 g/mol. The highest BCUT2D eigenvalue weighted by Gasteiger charge is 2.62. The van der Waals surface area contributed by atoms with Crippen molar-refractivity contribution >= 4 is 0 Å². The van der Waals surface area contributed by atoms with Crippen molar-refractivity contribution in [3.05, 3.63) is 0 Å². The molecule has 0 heterocycles. The van der Waals surface area contributed by atoms with E-state index in [1.54, 1.807) is 0 Å². The third-order valence-corrected chi connectivity index (χ3v) is 8.52. The fourth-order valence-corrected chi connectivity index (χ4v) is 7.33. The lowest BCUT2D eigenvalue weighted by Gasteiger charge is -2.62. The van der Waals surface area contributed by atoms with Crippen molar-refractivity contribution in [2.24, 2.45) is 34.5 Å². The van der Waals surface area contributed by atoms with Gasteiger partial charge in [-0.1, -0.05) is 13.8 Å². The normalized spacial score (nSPS) is 61.2. The van der Waals surface area contributed by atoms with Gasteiger partial charge in [0.25, 0.3) is 0 Å². The molecule has 4 saturated carbocycles. The highest BCUT2D eigenvalue weighted by molar-refractivity contribution is 5.12. The Hall–Kier alpha value is -0.120. The summed E-state index contributed by atoms with van der Waals surface area (Å²) in [6.45, 7) is 4.60. The minimum absolute atomic E-state index is 0.0715. The number of hydrogen-bond donors (Lipinski definition) is 3. The van der Waals surface area contributed by atoms with Crippen LogP contribution in [0, 0.1) is 34.5 Å². The first kappa shape index (κ1) is 15.4. The summed E-state index contributed by atoms with van der Waals surface area (Å²) < 4.78 is 0. The number of rotatable bonds is 0. The van der Waals surface area contributed by atoms with Crippen LogP contribution in [0.4, 0.5) is 0 Å². The molecule has 0 aromatic rings. The molecule has 0 radical (unpaired) electrons. The summed E-state index contributed by atoms with van der Waals surface area (Å²) >= 11 is 0.